The number of hydrogen-bond acceptors (Lipinski definition) is 2. The summed E-state index contributed by atoms with van der Waals surface area (Å²) in [6.45, 7) is 4.12. The first kappa shape index (κ1) is 10.7. The summed E-state index contributed by atoms with van der Waals surface area (Å²) >= 11 is 0. The first-order valence-electron chi connectivity index (χ1n) is 6.14. The average molecular weight is 207 g/mol. The molecule has 1 fully saturated rings. The standard InChI is InChI=1S/C12H21N3/c1-2-13-8-11-9-14-15-12(11)10-6-4-3-5-7-10/h9-10,13H,2-8H2,1H3,(H,14,15). The van der Waals surface area contributed by atoms with Gasteiger partial charge in [0.25, 0.3) is 0 Å². The van der Waals surface area contributed by atoms with Crippen LogP contribution >= 0.6 is 0 Å². The van der Waals surface area contributed by atoms with Gasteiger partial charge in [0.15, 0.2) is 0 Å². The molecule has 0 saturated heterocycles. The second kappa shape index (κ2) is 5.31. The summed E-state index contributed by atoms with van der Waals surface area (Å²) in [5.41, 5.74) is 2.75. The largest absolute Gasteiger partial charge is 0.313 e. The van der Waals surface area contributed by atoms with Crippen LogP contribution in [0.15, 0.2) is 6.20 Å². The molecule has 0 aliphatic heterocycles. The zero-order valence-corrected chi connectivity index (χ0v) is 9.55. The third-order valence-electron chi connectivity index (χ3n) is 3.33. The van der Waals surface area contributed by atoms with E-state index in [0.717, 1.165) is 19.0 Å². The number of rotatable bonds is 4. The molecule has 0 amide bonds. The summed E-state index contributed by atoms with van der Waals surface area (Å²) in [5, 5.41) is 10.7. The van der Waals surface area contributed by atoms with E-state index in [0.29, 0.717) is 0 Å². The minimum atomic E-state index is 0.731. The number of aromatic amines is 1. The van der Waals surface area contributed by atoms with Crippen molar-refractivity contribution in [1.29, 1.82) is 0 Å². The second-order valence-corrected chi connectivity index (χ2v) is 4.42. The van der Waals surface area contributed by atoms with Crippen LogP contribution in [0.2, 0.25) is 0 Å². The third kappa shape index (κ3) is 2.59. The number of nitrogens with one attached hydrogen (secondary N) is 2. The van der Waals surface area contributed by atoms with E-state index in [1.807, 2.05) is 6.20 Å². The van der Waals surface area contributed by atoms with Crippen LogP contribution in [0.3, 0.4) is 0 Å². The highest BCUT2D eigenvalue weighted by Crippen LogP contribution is 2.32. The van der Waals surface area contributed by atoms with E-state index in [-0.39, 0.29) is 0 Å². The highest BCUT2D eigenvalue weighted by Gasteiger charge is 2.19. The highest BCUT2D eigenvalue weighted by atomic mass is 15.1. The number of H-pyrrole nitrogens is 1. The fraction of sp³-hybridized carbons (Fsp3) is 0.750. The molecule has 15 heavy (non-hydrogen) atoms. The molecule has 3 nitrogen and oxygen atoms in total. The maximum absolute atomic E-state index is 4.19. The van der Waals surface area contributed by atoms with Crippen LogP contribution in [0, 0.1) is 0 Å². The molecule has 1 aromatic rings. The minimum Gasteiger partial charge on any atom is -0.313 e. The van der Waals surface area contributed by atoms with Gasteiger partial charge in [-0.1, -0.05) is 26.2 Å². The Morgan fingerprint density at radius 3 is 2.93 bits per heavy atom. The highest BCUT2D eigenvalue weighted by molar-refractivity contribution is 5.20. The van der Waals surface area contributed by atoms with Gasteiger partial charge in [-0.2, -0.15) is 5.10 Å². The van der Waals surface area contributed by atoms with Crippen molar-refractivity contribution in [2.75, 3.05) is 6.54 Å². The fourth-order valence-electron chi connectivity index (χ4n) is 2.47. The Bertz CT molecular complexity index is 287. The first-order chi connectivity index (χ1) is 7.42. The molecule has 1 heterocycles. The van der Waals surface area contributed by atoms with Gasteiger partial charge in [-0.15, -0.1) is 0 Å². The molecule has 2 rings (SSSR count). The van der Waals surface area contributed by atoms with Crippen molar-refractivity contribution in [2.24, 2.45) is 0 Å². The molecule has 2 N–H and O–H groups in total. The molecule has 0 radical (unpaired) electrons. The Labute approximate surface area is 91.7 Å². The van der Waals surface area contributed by atoms with Gasteiger partial charge in [0.05, 0.1) is 6.20 Å². The van der Waals surface area contributed by atoms with Crippen molar-refractivity contribution in [3.05, 3.63) is 17.5 Å². The molecular formula is C12H21N3. The normalized spacial score (nSPS) is 18.2. The van der Waals surface area contributed by atoms with Crippen molar-refractivity contribution in [3.63, 3.8) is 0 Å². The van der Waals surface area contributed by atoms with Crippen LogP contribution in [-0.2, 0) is 6.54 Å². The van der Waals surface area contributed by atoms with Crippen LogP contribution in [0.4, 0.5) is 0 Å². The zero-order chi connectivity index (χ0) is 10.5. The molecule has 0 unspecified atom stereocenters. The van der Waals surface area contributed by atoms with E-state index >= 15 is 0 Å². The van der Waals surface area contributed by atoms with E-state index in [1.165, 1.54) is 43.4 Å². The SMILES string of the molecule is CCNCc1cn[nH]c1C1CCCCC1. The molecule has 1 aliphatic carbocycles. The molecule has 0 spiro atoms. The fourth-order valence-corrected chi connectivity index (χ4v) is 2.47. The van der Waals surface area contributed by atoms with Gasteiger partial charge in [-0.05, 0) is 19.4 Å². The topological polar surface area (TPSA) is 40.7 Å². The summed E-state index contributed by atoms with van der Waals surface area (Å²) in [4.78, 5) is 0. The Morgan fingerprint density at radius 2 is 2.20 bits per heavy atom. The van der Waals surface area contributed by atoms with Gasteiger partial charge in [0.2, 0.25) is 0 Å². The zero-order valence-electron chi connectivity index (χ0n) is 9.55. The van der Waals surface area contributed by atoms with Crippen molar-refractivity contribution in [2.45, 2.75) is 51.5 Å². The summed E-state index contributed by atoms with van der Waals surface area (Å²) in [6, 6.07) is 0. The van der Waals surface area contributed by atoms with Gasteiger partial charge < -0.3 is 5.32 Å². The average Bonchev–Trinajstić information content (AvgIpc) is 2.75. The smallest absolute Gasteiger partial charge is 0.0535 e. The Balaban J connectivity index is 2.02. The van der Waals surface area contributed by atoms with E-state index in [4.69, 9.17) is 0 Å². The van der Waals surface area contributed by atoms with Crippen LogP contribution < -0.4 is 5.32 Å². The second-order valence-electron chi connectivity index (χ2n) is 4.42. The van der Waals surface area contributed by atoms with Gasteiger partial charge >= 0.3 is 0 Å². The van der Waals surface area contributed by atoms with Crippen LogP contribution in [0.1, 0.15) is 56.2 Å². The molecule has 1 aromatic heterocycles. The van der Waals surface area contributed by atoms with Crippen molar-refractivity contribution >= 4 is 0 Å². The minimum absolute atomic E-state index is 0.731. The Kier molecular flexibility index (Phi) is 3.78. The maximum atomic E-state index is 4.19. The lowest BCUT2D eigenvalue weighted by Crippen LogP contribution is -2.14. The quantitative estimate of drug-likeness (QED) is 0.796. The number of hydrogen-bond donors (Lipinski definition) is 2. The lowest BCUT2D eigenvalue weighted by molar-refractivity contribution is 0.433. The van der Waals surface area contributed by atoms with Crippen molar-refractivity contribution in [3.8, 4) is 0 Å². The first-order valence-corrected chi connectivity index (χ1v) is 6.14. The number of aromatic nitrogens is 2. The third-order valence-corrected chi connectivity index (χ3v) is 3.33. The molecule has 1 saturated carbocycles. The van der Waals surface area contributed by atoms with E-state index in [2.05, 4.69) is 22.4 Å². The molecule has 0 bridgehead atoms. The molecule has 3 heteroatoms. The van der Waals surface area contributed by atoms with Crippen molar-refractivity contribution < 1.29 is 0 Å². The maximum Gasteiger partial charge on any atom is 0.0535 e. The summed E-state index contributed by atoms with van der Waals surface area (Å²) < 4.78 is 0. The molecule has 0 atom stereocenters. The molecular weight excluding hydrogens is 186 g/mol. The predicted octanol–water partition coefficient (Wildman–Crippen LogP) is 2.57. The summed E-state index contributed by atoms with van der Waals surface area (Å²) in [7, 11) is 0. The summed E-state index contributed by atoms with van der Waals surface area (Å²) in [6.07, 6.45) is 8.82. The van der Waals surface area contributed by atoms with Crippen LogP contribution in [-0.4, -0.2) is 16.7 Å². The Morgan fingerprint density at radius 1 is 1.40 bits per heavy atom. The van der Waals surface area contributed by atoms with Crippen LogP contribution in [0.5, 0.6) is 0 Å². The van der Waals surface area contributed by atoms with Gasteiger partial charge in [0.1, 0.15) is 0 Å². The lowest BCUT2D eigenvalue weighted by Gasteiger charge is -2.21. The van der Waals surface area contributed by atoms with Gasteiger partial charge in [0, 0.05) is 23.7 Å². The molecule has 84 valence electrons. The lowest BCUT2D eigenvalue weighted by atomic mass is 9.85. The molecule has 1 aliphatic rings. The van der Waals surface area contributed by atoms with E-state index in [9.17, 15) is 0 Å². The van der Waals surface area contributed by atoms with E-state index < -0.39 is 0 Å². The number of nitrogens with zero attached hydrogens (tertiary/aromatic N) is 1. The van der Waals surface area contributed by atoms with Gasteiger partial charge in [-0.3, -0.25) is 5.10 Å². The van der Waals surface area contributed by atoms with Gasteiger partial charge in [-0.25, -0.2) is 0 Å². The predicted molar refractivity (Wildman–Crippen MR) is 61.8 cm³/mol. The molecule has 0 aromatic carbocycles. The summed E-state index contributed by atoms with van der Waals surface area (Å²) in [5.74, 6) is 0.731. The monoisotopic (exact) mass is 207 g/mol. The van der Waals surface area contributed by atoms with E-state index in [1.54, 1.807) is 0 Å². The van der Waals surface area contributed by atoms with Crippen LogP contribution in [0.25, 0.3) is 0 Å². The Hall–Kier alpha value is -0.830. The van der Waals surface area contributed by atoms with Crippen molar-refractivity contribution in [1.82, 2.24) is 15.5 Å².